The predicted octanol–water partition coefficient (Wildman–Crippen LogP) is 1.43. The van der Waals surface area contributed by atoms with E-state index >= 15 is 0 Å². The van der Waals surface area contributed by atoms with Crippen LogP contribution in [0.1, 0.15) is 18.5 Å². The van der Waals surface area contributed by atoms with Gasteiger partial charge in [0.2, 0.25) is 0 Å². The first-order valence-electron chi connectivity index (χ1n) is 3.75. The molecule has 2 amide bonds. The molecule has 1 radical (unpaired) electrons. The van der Waals surface area contributed by atoms with Gasteiger partial charge in [0.05, 0.1) is 6.04 Å². The van der Waals surface area contributed by atoms with E-state index in [0.717, 1.165) is 5.56 Å². The number of primary amides is 1. The van der Waals surface area contributed by atoms with Gasteiger partial charge in [0, 0.05) is 0 Å². The van der Waals surface area contributed by atoms with E-state index in [4.69, 9.17) is 5.73 Å². The Morgan fingerprint density at radius 3 is 2.50 bits per heavy atom. The standard InChI is InChI=1S/C9H11N2O/c1-7(11-9(10)12)8-5-3-2-4-6-8/h2-7H,1H3,(H2,10,12). The van der Waals surface area contributed by atoms with E-state index in [-0.39, 0.29) is 6.04 Å². The molecule has 0 aliphatic rings. The number of nitrogens with two attached hydrogens (primary N) is 1. The molecular formula is C9H11N2O. The Kier molecular flexibility index (Phi) is 2.69. The van der Waals surface area contributed by atoms with Crippen LogP contribution in [0.2, 0.25) is 0 Å². The Morgan fingerprint density at radius 1 is 1.42 bits per heavy atom. The zero-order chi connectivity index (χ0) is 8.97. The highest BCUT2D eigenvalue weighted by Gasteiger charge is 2.07. The number of urea groups is 1. The van der Waals surface area contributed by atoms with Crippen LogP contribution in [0.4, 0.5) is 4.79 Å². The minimum atomic E-state index is -0.619. The first-order valence-corrected chi connectivity index (χ1v) is 3.75. The van der Waals surface area contributed by atoms with Crippen LogP contribution in [0.3, 0.4) is 0 Å². The summed E-state index contributed by atoms with van der Waals surface area (Å²) in [5.74, 6) is 0. The first-order chi connectivity index (χ1) is 5.70. The molecule has 3 heteroatoms. The second-order valence-electron chi connectivity index (χ2n) is 2.55. The van der Waals surface area contributed by atoms with Crippen LogP contribution in [-0.4, -0.2) is 6.03 Å². The van der Waals surface area contributed by atoms with Gasteiger partial charge in [-0.15, -0.1) is 0 Å². The summed E-state index contributed by atoms with van der Waals surface area (Å²) >= 11 is 0. The highest BCUT2D eigenvalue weighted by Crippen LogP contribution is 2.11. The molecule has 2 N–H and O–H groups in total. The molecule has 0 aromatic heterocycles. The van der Waals surface area contributed by atoms with Gasteiger partial charge < -0.3 is 5.73 Å². The fourth-order valence-corrected chi connectivity index (χ4v) is 0.997. The number of hydrogen-bond donors (Lipinski definition) is 1. The third-order valence-electron chi connectivity index (χ3n) is 1.60. The molecule has 1 unspecified atom stereocenters. The Bertz CT molecular complexity index is 258. The largest absolute Gasteiger partial charge is 0.350 e. The number of benzene rings is 1. The van der Waals surface area contributed by atoms with Gasteiger partial charge >= 0.3 is 6.03 Å². The Hall–Kier alpha value is -1.51. The Labute approximate surface area is 71.6 Å². The van der Waals surface area contributed by atoms with Crippen molar-refractivity contribution < 1.29 is 4.79 Å². The van der Waals surface area contributed by atoms with Crippen molar-refractivity contribution in [1.29, 1.82) is 0 Å². The normalized spacial score (nSPS) is 12.1. The second-order valence-corrected chi connectivity index (χ2v) is 2.55. The van der Waals surface area contributed by atoms with Crippen molar-refractivity contribution >= 4 is 6.03 Å². The SMILES string of the molecule is CC([N]C(N)=O)c1ccccc1. The smallest absolute Gasteiger partial charge is 0.334 e. The van der Waals surface area contributed by atoms with Gasteiger partial charge in [-0.2, -0.15) is 0 Å². The second kappa shape index (κ2) is 3.76. The van der Waals surface area contributed by atoms with Crippen LogP contribution in [0, 0.1) is 0 Å². The van der Waals surface area contributed by atoms with E-state index in [1.54, 1.807) is 0 Å². The van der Waals surface area contributed by atoms with Gasteiger partial charge in [-0.05, 0) is 12.5 Å². The van der Waals surface area contributed by atoms with E-state index in [1.165, 1.54) is 0 Å². The fraction of sp³-hybridized carbons (Fsp3) is 0.222. The molecule has 0 aliphatic heterocycles. The number of nitrogens with zero attached hydrogens (tertiary/aromatic N) is 1. The van der Waals surface area contributed by atoms with Crippen LogP contribution >= 0.6 is 0 Å². The summed E-state index contributed by atoms with van der Waals surface area (Å²) in [5.41, 5.74) is 5.92. The van der Waals surface area contributed by atoms with E-state index in [2.05, 4.69) is 5.32 Å². The highest BCUT2D eigenvalue weighted by molar-refractivity contribution is 5.71. The average Bonchev–Trinajstić information content (AvgIpc) is 2.05. The lowest BCUT2D eigenvalue weighted by Crippen LogP contribution is -2.24. The summed E-state index contributed by atoms with van der Waals surface area (Å²) in [6, 6.07) is 8.79. The van der Waals surface area contributed by atoms with Crippen molar-refractivity contribution in [2.75, 3.05) is 0 Å². The minimum Gasteiger partial charge on any atom is -0.350 e. The van der Waals surface area contributed by atoms with Crippen molar-refractivity contribution in [2.45, 2.75) is 13.0 Å². The summed E-state index contributed by atoms with van der Waals surface area (Å²) in [6.07, 6.45) is 0. The van der Waals surface area contributed by atoms with Crippen LogP contribution in [0.5, 0.6) is 0 Å². The summed E-state index contributed by atoms with van der Waals surface area (Å²) in [4.78, 5) is 10.4. The zero-order valence-electron chi connectivity index (χ0n) is 6.90. The first kappa shape index (κ1) is 8.59. The molecule has 0 spiro atoms. The van der Waals surface area contributed by atoms with Crippen LogP contribution in [-0.2, 0) is 0 Å². The maximum absolute atomic E-state index is 10.4. The molecule has 1 atom stereocenters. The summed E-state index contributed by atoms with van der Waals surface area (Å²) in [6.45, 7) is 1.83. The molecule has 0 bridgehead atoms. The molecule has 3 nitrogen and oxygen atoms in total. The molecule has 0 saturated carbocycles. The van der Waals surface area contributed by atoms with E-state index < -0.39 is 6.03 Å². The zero-order valence-corrected chi connectivity index (χ0v) is 6.90. The number of hydrogen-bond acceptors (Lipinski definition) is 1. The topological polar surface area (TPSA) is 57.2 Å². The van der Waals surface area contributed by atoms with Crippen molar-refractivity contribution in [3.05, 3.63) is 35.9 Å². The molecule has 0 fully saturated rings. The quantitative estimate of drug-likeness (QED) is 0.704. The van der Waals surface area contributed by atoms with Gasteiger partial charge in [-0.25, -0.2) is 10.1 Å². The molecule has 1 rings (SSSR count). The van der Waals surface area contributed by atoms with Crippen molar-refractivity contribution in [3.8, 4) is 0 Å². The van der Waals surface area contributed by atoms with Crippen molar-refractivity contribution in [1.82, 2.24) is 5.32 Å². The maximum atomic E-state index is 10.4. The lowest BCUT2D eigenvalue weighted by atomic mass is 10.1. The molecule has 1 aromatic carbocycles. The number of rotatable bonds is 2. The molecule has 12 heavy (non-hydrogen) atoms. The van der Waals surface area contributed by atoms with E-state index in [1.807, 2.05) is 37.3 Å². The lowest BCUT2D eigenvalue weighted by Gasteiger charge is -2.08. The van der Waals surface area contributed by atoms with Gasteiger partial charge in [0.1, 0.15) is 0 Å². The van der Waals surface area contributed by atoms with Crippen LogP contribution in [0.25, 0.3) is 0 Å². The third kappa shape index (κ3) is 2.27. The summed E-state index contributed by atoms with van der Waals surface area (Å²) in [7, 11) is 0. The van der Waals surface area contributed by atoms with Gasteiger partial charge in [-0.1, -0.05) is 30.3 Å². The molecule has 0 aliphatic carbocycles. The molecule has 0 saturated heterocycles. The van der Waals surface area contributed by atoms with Crippen molar-refractivity contribution in [2.24, 2.45) is 5.73 Å². The number of amides is 2. The van der Waals surface area contributed by atoms with Crippen LogP contribution < -0.4 is 11.1 Å². The molecule has 0 heterocycles. The number of carbonyl (C=O) groups excluding carboxylic acids is 1. The van der Waals surface area contributed by atoms with E-state index in [9.17, 15) is 4.79 Å². The Morgan fingerprint density at radius 2 is 2.00 bits per heavy atom. The average molecular weight is 163 g/mol. The molecule has 63 valence electrons. The monoisotopic (exact) mass is 163 g/mol. The lowest BCUT2D eigenvalue weighted by molar-refractivity contribution is 0.245. The molecule has 1 aromatic rings. The van der Waals surface area contributed by atoms with Gasteiger partial charge in [0.25, 0.3) is 0 Å². The highest BCUT2D eigenvalue weighted by atomic mass is 16.2. The van der Waals surface area contributed by atoms with Gasteiger partial charge in [-0.3, -0.25) is 0 Å². The van der Waals surface area contributed by atoms with Crippen LogP contribution in [0.15, 0.2) is 30.3 Å². The fourth-order valence-electron chi connectivity index (χ4n) is 0.997. The minimum absolute atomic E-state index is 0.149. The number of carbonyl (C=O) groups is 1. The van der Waals surface area contributed by atoms with Crippen molar-refractivity contribution in [3.63, 3.8) is 0 Å². The summed E-state index contributed by atoms with van der Waals surface area (Å²) in [5, 5.41) is 3.69. The third-order valence-corrected chi connectivity index (χ3v) is 1.60. The Balaban J connectivity index is 2.65. The maximum Gasteiger partial charge on any atom is 0.334 e. The predicted molar refractivity (Wildman–Crippen MR) is 46.6 cm³/mol. The molecular weight excluding hydrogens is 152 g/mol. The summed E-state index contributed by atoms with van der Waals surface area (Å²) < 4.78 is 0. The van der Waals surface area contributed by atoms with E-state index in [0.29, 0.717) is 0 Å². The van der Waals surface area contributed by atoms with Gasteiger partial charge in [0.15, 0.2) is 0 Å².